The minimum atomic E-state index is 0.323. The van der Waals surface area contributed by atoms with Gasteiger partial charge in [-0.15, -0.1) is 0 Å². The first-order chi connectivity index (χ1) is 4.68. The van der Waals surface area contributed by atoms with E-state index in [-0.39, 0.29) is 0 Å². The summed E-state index contributed by atoms with van der Waals surface area (Å²) in [6.45, 7) is 0.403. The largest absolute Gasteiger partial charge is 0.396 e. The van der Waals surface area contributed by atoms with Crippen molar-refractivity contribution in [1.82, 2.24) is 0 Å². The van der Waals surface area contributed by atoms with Crippen molar-refractivity contribution < 1.29 is 5.11 Å². The number of rotatable bonds is 1. The van der Waals surface area contributed by atoms with Crippen LogP contribution >= 0.6 is 15.9 Å². The van der Waals surface area contributed by atoms with Crippen LogP contribution in [-0.4, -0.2) is 16.0 Å². The molecule has 58 valence electrons. The Hall–Kier alpha value is 0.440. The lowest BCUT2D eigenvalue weighted by Crippen LogP contribution is -2.18. The highest BCUT2D eigenvalue weighted by Crippen LogP contribution is 2.60. The van der Waals surface area contributed by atoms with E-state index >= 15 is 0 Å². The van der Waals surface area contributed by atoms with E-state index in [4.69, 9.17) is 5.11 Å². The molecule has 0 saturated heterocycles. The zero-order chi connectivity index (χ0) is 7.24. The Labute approximate surface area is 69.9 Å². The maximum atomic E-state index is 9.14. The van der Waals surface area contributed by atoms with Crippen LogP contribution in [0.3, 0.4) is 0 Å². The van der Waals surface area contributed by atoms with Crippen molar-refractivity contribution in [3.05, 3.63) is 0 Å². The molecule has 2 fully saturated rings. The lowest BCUT2D eigenvalue weighted by molar-refractivity contribution is 0.133. The Kier molecular flexibility index (Phi) is 1.41. The minimum absolute atomic E-state index is 0.323. The number of hydrogen-bond acceptors (Lipinski definition) is 1. The summed E-state index contributed by atoms with van der Waals surface area (Å²) in [5, 5.41) is 9.14. The average Bonchev–Trinajstić information content (AvgIpc) is 2.42. The number of halogens is 1. The first-order valence-corrected chi connectivity index (χ1v) is 4.77. The van der Waals surface area contributed by atoms with Crippen LogP contribution in [0.2, 0.25) is 0 Å². The Morgan fingerprint density at radius 3 is 2.00 bits per heavy atom. The van der Waals surface area contributed by atoms with Crippen LogP contribution in [0.25, 0.3) is 0 Å². The van der Waals surface area contributed by atoms with Crippen LogP contribution in [0.4, 0.5) is 0 Å². The van der Waals surface area contributed by atoms with E-state index in [0.29, 0.717) is 16.3 Å². The molecule has 1 nitrogen and oxygen atoms in total. The maximum Gasteiger partial charge on any atom is 0.0487 e. The molecule has 2 heteroatoms. The van der Waals surface area contributed by atoms with Gasteiger partial charge in [-0.05, 0) is 37.5 Å². The molecule has 0 aromatic carbocycles. The molecular weight excluding hydrogens is 192 g/mol. The third-order valence-electron chi connectivity index (χ3n) is 3.23. The molecule has 2 rings (SSSR count). The lowest BCUT2D eigenvalue weighted by atomic mass is 9.85. The van der Waals surface area contributed by atoms with Gasteiger partial charge in [-0.2, -0.15) is 0 Å². The van der Waals surface area contributed by atoms with Gasteiger partial charge in [0.25, 0.3) is 0 Å². The number of aliphatic hydroxyl groups is 1. The van der Waals surface area contributed by atoms with Gasteiger partial charge in [-0.25, -0.2) is 0 Å². The average molecular weight is 205 g/mol. The van der Waals surface area contributed by atoms with E-state index in [9.17, 15) is 0 Å². The lowest BCUT2D eigenvalue weighted by Gasteiger charge is -2.23. The summed E-state index contributed by atoms with van der Waals surface area (Å²) in [6.07, 6.45) is 6.21. The SMILES string of the molecule is OCC12CCC(Br)(CC1)C2. The van der Waals surface area contributed by atoms with Crippen LogP contribution in [0.15, 0.2) is 0 Å². The monoisotopic (exact) mass is 204 g/mol. The van der Waals surface area contributed by atoms with E-state index in [1.54, 1.807) is 0 Å². The fraction of sp³-hybridized carbons (Fsp3) is 1.00. The molecule has 0 aliphatic heterocycles. The van der Waals surface area contributed by atoms with E-state index in [2.05, 4.69) is 15.9 Å². The quantitative estimate of drug-likeness (QED) is 0.649. The highest BCUT2D eigenvalue weighted by molar-refractivity contribution is 9.10. The van der Waals surface area contributed by atoms with Gasteiger partial charge in [-0.1, -0.05) is 15.9 Å². The smallest absolute Gasteiger partial charge is 0.0487 e. The molecule has 0 atom stereocenters. The summed E-state index contributed by atoms with van der Waals surface area (Å²) in [5.41, 5.74) is 0.323. The number of alkyl halides is 1. The second-order valence-electron chi connectivity index (χ2n) is 3.99. The molecule has 0 heterocycles. The van der Waals surface area contributed by atoms with Crippen molar-refractivity contribution in [2.24, 2.45) is 5.41 Å². The number of fused-ring (bicyclic) bond motifs is 2. The molecule has 2 bridgehead atoms. The fourth-order valence-electron chi connectivity index (χ4n) is 2.47. The Bertz CT molecular complexity index is 147. The molecule has 0 aromatic heterocycles. The topological polar surface area (TPSA) is 20.2 Å². The van der Waals surface area contributed by atoms with Crippen LogP contribution in [0.5, 0.6) is 0 Å². The second-order valence-corrected chi connectivity index (χ2v) is 5.67. The highest BCUT2D eigenvalue weighted by atomic mass is 79.9. The zero-order valence-corrected chi connectivity index (χ0v) is 7.65. The van der Waals surface area contributed by atoms with E-state index < -0.39 is 0 Å². The van der Waals surface area contributed by atoms with Crippen LogP contribution in [0, 0.1) is 5.41 Å². The third kappa shape index (κ3) is 0.850. The van der Waals surface area contributed by atoms with Gasteiger partial charge in [0, 0.05) is 10.9 Å². The normalized spacial score (nSPS) is 52.2. The summed E-state index contributed by atoms with van der Waals surface area (Å²) in [5.74, 6) is 0. The molecule has 0 amide bonds. The summed E-state index contributed by atoms with van der Waals surface area (Å²) in [6, 6.07) is 0. The first-order valence-electron chi connectivity index (χ1n) is 3.98. The van der Waals surface area contributed by atoms with Gasteiger partial charge in [0.15, 0.2) is 0 Å². The van der Waals surface area contributed by atoms with Gasteiger partial charge in [0.05, 0.1) is 0 Å². The van der Waals surface area contributed by atoms with Gasteiger partial charge in [-0.3, -0.25) is 0 Å². The second kappa shape index (κ2) is 1.98. The van der Waals surface area contributed by atoms with Gasteiger partial charge in [0.2, 0.25) is 0 Å². The summed E-state index contributed by atoms with van der Waals surface area (Å²) in [7, 11) is 0. The van der Waals surface area contributed by atoms with Gasteiger partial charge in [0.1, 0.15) is 0 Å². The molecule has 0 spiro atoms. The Balaban J connectivity index is 2.19. The molecule has 0 unspecified atom stereocenters. The molecular formula is C8H13BrO. The van der Waals surface area contributed by atoms with Crippen molar-refractivity contribution >= 4 is 15.9 Å². The van der Waals surface area contributed by atoms with E-state index in [0.717, 1.165) is 0 Å². The van der Waals surface area contributed by atoms with Gasteiger partial charge < -0.3 is 5.11 Å². The molecule has 0 aromatic rings. The van der Waals surface area contributed by atoms with Crippen molar-refractivity contribution in [2.45, 2.75) is 36.4 Å². The summed E-state index contributed by atoms with van der Waals surface area (Å²) < 4.78 is 0.426. The number of hydrogen-bond donors (Lipinski definition) is 1. The Morgan fingerprint density at radius 1 is 1.20 bits per heavy atom. The molecule has 10 heavy (non-hydrogen) atoms. The molecule has 2 aliphatic carbocycles. The maximum absolute atomic E-state index is 9.14. The fourth-order valence-corrected chi connectivity index (χ4v) is 3.46. The predicted octanol–water partition coefficient (Wildman–Crippen LogP) is 2.08. The van der Waals surface area contributed by atoms with Crippen molar-refractivity contribution in [2.75, 3.05) is 6.61 Å². The predicted molar refractivity (Wildman–Crippen MR) is 44.3 cm³/mol. The molecule has 2 aliphatic rings. The van der Waals surface area contributed by atoms with Crippen molar-refractivity contribution in [3.63, 3.8) is 0 Å². The summed E-state index contributed by atoms with van der Waals surface area (Å²) >= 11 is 3.75. The van der Waals surface area contributed by atoms with Crippen LogP contribution in [-0.2, 0) is 0 Å². The molecule has 0 radical (unpaired) electrons. The third-order valence-corrected chi connectivity index (χ3v) is 4.31. The van der Waals surface area contributed by atoms with Crippen LogP contribution in [0.1, 0.15) is 32.1 Å². The standard InChI is InChI=1S/C8H13BrO/c9-8-3-1-7(5-8,6-10)2-4-8/h10H,1-6H2. The van der Waals surface area contributed by atoms with Crippen LogP contribution < -0.4 is 0 Å². The first kappa shape index (κ1) is 7.11. The van der Waals surface area contributed by atoms with Crippen molar-refractivity contribution in [1.29, 1.82) is 0 Å². The highest BCUT2D eigenvalue weighted by Gasteiger charge is 2.52. The molecule has 2 saturated carbocycles. The van der Waals surface area contributed by atoms with Gasteiger partial charge >= 0.3 is 0 Å². The number of aliphatic hydroxyl groups excluding tert-OH is 1. The van der Waals surface area contributed by atoms with E-state index in [1.165, 1.54) is 32.1 Å². The molecule has 1 N–H and O–H groups in total. The summed E-state index contributed by atoms with van der Waals surface area (Å²) in [4.78, 5) is 0. The van der Waals surface area contributed by atoms with E-state index in [1.807, 2.05) is 0 Å². The zero-order valence-electron chi connectivity index (χ0n) is 6.07. The Morgan fingerprint density at radius 2 is 1.80 bits per heavy atom. The van der Waals surface area contributed by atoms with Crippen molar-refractivity contribution in [3.8, 4) is 0 Å². The minimum Gasteiger partial charge on any atom is -0.396 e.